The second-order valence-electron chi connectivity index (χ2n) is 7.53. The van der Waals surface area contributed by atoms with E-state index < -0.39 is 41.4 Å². The second-order valence-corrected chi connectivity index (χ2v) is 7.53. The summed E-state index contributed by atoms with van der Waals surface area (Å²) < 4.78 is 15.4. The molecule has 0 aromatic carbocycles. The van der Waals surface area contributed by atoms with Gasteiger partial charge in [-0.3, -0.25) is 9.59 Å². The Labute approximate surface area is 137 Å². The molecular formula is C16H27NO6. The lowest BCUT2D eigenvalue weighted by Gasteiger charge is -2.34. The van der Waals surface area contributed by atoms with Gasteiger partial charge < -0.3 is 19.5 Å². The van der Waals surface area contributed by atoms with Crippen molar-refractivity contribution in [3.63, 3.8) is 0 Å². The Kier molecular flexibility index (Phi) is 5.66. The van der Waals surface area contributed by atoms with Gasteiger partial charge in [-0.1, -0.05) is 13.8 Å². The zero-order valence-corrected chi connectivity index (χ0v) is 14.9. The number of carbonyl (C=O) groups is 3. The Hall–Kier alpha value is -1.79. The normalized spacial score (nSPS) is 19.8. The van der Waals surface area contributed by atoms with Crippen LogP contribution in [-0.4, -0.2) is 35.5 Å². The average molecular weight is 329 g/mol. The molecule has 1 aliphatic rings. The molecule has 7 heteroatoms. The van der Waals surface area contributed by atoms with Gasteiger partial charge in [0.2, 0.25) is 0 Å². The SMILES string of the molecule is CC(C)[C@@H](CC1C(=O)OC(C)(C)OC1=O)NC(=O)OC(C)(C)C. The molecule has 1 heterocycles. The molecule has 1 aliphatic heterocycles. The van der Waals surface area contributed by atoms with Gasteiger partial charge in [-0.2, -0.15) is 0 Å². The van der Waals surface area contributed by atoms with Crippen LogP contribution in [0.3, 0.4) is 0 Å². The molecule has 0 bridgehead atoms. The quantitative estimate of drug-likeness (QED) is 0.629. The fourth-order valence-corrected chi connectivity index (χ4v) is 2.15. The van der Waals surface area contributed by atoms with Crippen molar-refractivity contribution in [1.82, 2.24) is 5.32 Å². The Morgan fingerprint density at radius 3 is 2.09 bits per heavy atom. The summed E-state index contributed by atoms with van der Waals surface area (Å²) >= 11 is 0. The third kappa shape index (κ3) is 6.08. The van der Waals surface area contributed by atoms with Crippen molar-refractivity contribution >= 4 is 18.0 Å². The van der Waals surface area contributed by atoms with Crippen molar-refractivity contribution in [2.45, 2.75) is 72.3 Å². The minimum absolute atomic E-state index is 0.00180. The maximum atomic E-state index is 12.0. The van der Waals surface area contributed by atoms with E-state index >= 15 is 0 Å². The number of hydrogen-bond donors (Lipinski definition) is 1. The van der Waals surface area contributed by atoms with Crippen LogP contribution in [0.4, 0.5) is 4.79 Å². The van der Waals surface area contributed by atoms with Gasteiger partial charge in [0.25, 0.3) is 5.79 Å². The van der Waals surface area contributed by atoms with Crippen molar-refractivity contribution in [2.75, 3.05) is 0 Å². The zero-order chi connectivity index (χ0) is 18.0. The highest BCUT2D eigenvalue weighted by molar-refractivity contribution is 5.96. The third-order valence-electron chi connectivity index (χ3n) is 3.26. The lowest BCUT2D eigenvalue weighted by Crippen LogP contribution is -2.50. The molecule has 23 heavy (non-hydrogen) atoms. The molecule has 7 nitrogen and oxygen atoms in total. The molecule has 1 amide bonds. The molecule has 0 saturated carbocycles. The van der Waals surface area contributed by atoms with Crippen LogP contribution in [0.1, 0.15) is 54.9 Å². The van der Waals surface area contributed by atoms with Gasteiger partial charge in [-0.15, -0.1) is 0 Å². The highest BCUT2D eigenvalue weighted by Crippen LogP contribution is 2.27. The maximum Gasteiger partial charge on any atom is 0.407 e. The summed E-state index contributed by atoms with van der Waals surface area (Å²) in [5.74, 6) is -3.58. The van der Waals surface area contributed by atoms with E-state index in [9.17, 15) is 14.4 Å². The molecular weight excluding hydrogens is 302 g/mol. The van der Waals surface area contributed by atoms with Crippen LogP contribution in [0.2, 0.25) is 0 Å². The predicted octanol–water partition coefficient (Wildman–Crippen LogP) is 2.38. The summed E-state index contributed by atoms with van der Waals surface area (Å²) in [5.41, 5.74) is -0.627. The summed E-state index contributed by atoms with van der Waals surface area (Å²) in [4.78, 5) is 36.0. The first kappa shape index (κ1) is 19.3. The molecule has 0 spiro atoms. The topological polar surface area (TPSA) is 90.9 Å². The monoisotopic (exact) mass is 329 g/mol. The van der Waals surface area contributed by atoms with Gasteiger partial charge in [-0.25, -0.2) is 4.79 Å². The lowest BCUT2D eigenvalue weighted by atomic mass is 9.92. The number of esters is 2. The maximum absolute atomic E-state index is 12.0. The second kappa shape index (κ2) is 6.76. The first-order valence-corrected chi connectivity index (χ1v) is 7.76. The van der Waals surface area contributed by atoms with Crippen molar-refractivity contribution < 1.29 is 28.6 Å². The van der Waals surface area contributed by atoms with Gasteiger partial charge in [0, 0.05) is 19.9 Å². The van der Waals surface area contributed by atoms with E-state index in [1.165, 1.54) is 13.8 Å². The van der Waals surface area contributed by atoms with Crippen molar-refractivity contribution in [2.24, 2.45) is 11.8 Å². The number of ether oxygens (including phenoxy) is 3. The minimum atomic E-state index is -1.25. The van der Waals surface area contributed by atoms with E-state index in [0.29, 0.717) is 0 Å². The number of carbonyl (C=O) groups excluding carboxylic acids is 3. The van der Waals surface area contributed by atoms with Crippen LogP contribution < -0.4 is 5.32 Å². The molecule has 1 N–H and O–H groups in total. The van der Waals surface area contributed by atoms with E-state index in [1.54, 1.807) is 20.8 Å². The Bertz CT molecular complexity index is 457. The molecule has 132 valence electrons. The molecule has 1 atom stereocenters. The van der Waals surface area contributed by atoms with Crippen molar-refractivity contribution in [1.29, 1.82) is 0 Å². The minimum Gasteiger partial charge on any atom is -0.444 e. The highest BCUT2D eigenvalue weighted by Gasteiger charge is 2.44. The fourth-order valence-electron chi connectivity index (χ4n) is 2.15. The Balaban J connectivity index is 2.75. The first-order chi connectivity index (χ1) is 10.3. The van der Waals surface area contributed by atoms with Gasteiger partial charge in [0.15, 0.2) is 5.92 Å². The predicted molar refractivity (Wildman–Crippen MR) is 82.4 cm³/mol. The molecule has 0 radical (unpaired) electrons. The molecule has 0 unspecified atom stereocenters. The summed E-state index contributed by atoms with van der Waals surface area (Å²) in [6.45, 7) is 12.0. The largest absolute Gasteiger partial charge is 0.444 e. The number of amides is 1. The molecule has 1 saturated heterocycles. The van der Waals surface area contributed by atoms with Crippen LogP contribution >= 0.6 is 0 Å². The first-order valence-electron chi connectivity index (χ1n) is 7.76. The van der Waals surface area contributed by atoms with E-state index in [1.807, 2.05) is 13.8 Å². The summed E-state index contributed by atoms with van der Waals surface area (Å²) in [6.07, 6.45) is -0.487. The van der Waals surface area contributed by atoms with Crippen LogP contribution in [-0.2, 0) is 23.8 Å². The van der Waals surface area contributed by atoms with E-state index in [-0.39, 0.29) is 12.3 Å². The number of alkyl carbamates (subject to hydrolysis) is 1. The summed E-state index contributed by atoms with van der Waals surface area (Å²) in [7, 11) is 0. The molecule has 0 aromatic rings. The summed E-state index contributed by atoms with van der Waals surface area (Å²) in [5, 5.41) is 2.71. The van der Waals surface area contributed by atoms with Gasteiger partial charge in [-0.05, 0) is 33.1 Å². The zero-order valence-electron chi connectivity index (χ0n) is 14.9. The van der Waals surface area contributed by atoms with Crippen LogP contribution in [0.15, 0.2) is 0 Å². The Morgan fingerprint density at radius 2 is 1.70 bits per heavy atom. The van der Waals surface area contributed by atoms with E-state index in [0.717, 1.165) is 0 Å². The lowest BCUT2D eigenvalue weighted by molar-refractivity contribution is -0.240. The standard InChI is InChI=1S/C16H27NO6/c1-9(2)11(17-14(20)23-15(3,4)5)8-10-12(18)21-16(6,7)22-13(10)19/h9-11H,8H2,1-7H3,(H,17,20)/t11-/m1/s1. The molecule has 1 fully saturated rings. The van der Waals surface area contributed by atoms with E-state index in [2.05, 4.69) is 5.32 Å². The molecule has 0 aliphatic carbocycles. The number of rotatable bonds is 4. The van der Waals surface area contributed by atoms with Crippen LogP contribution in [0, 0.1) is 11.8 Å². The Morgan fingerprint density at radius 1 is 1.22 bits per heavy atom. The third-order valence-corrected chi connectivity index (χ3v) is 3.26. The fraction of sp³-hybridized carbons (Fsp3) is 0.812. The number of hydrogen-bond acceptors (Lipinski definition) is 6. The average Bonchev–Trinajstić information content (AvgIpc) is 2.28. The van der Waals surface area contributed by atoms with Gasteiger partial charge >= 0.3 is 18.0 Å². The number of cyclic esters (lactones) is 2. The van der Waals surface area contributed by atoms with Gasteiger partial charge in [0.05, 0.1) is 0 Å². The van der Waals surface area contributed by atoms with Crippen molar-refractivity contribution in [3.05, 3.63) is 0 Å². The van der Waals surface area contributed by atoms with Gasteiger partial charge in [0.1, 0.15) is 5.60 Å². The molecule has 1 rings (SSSR count). The highest BCUT2D eigenvalue weighted by atomic mass is 16.7. The smallest absolute Gasteiger partial charge is 0.407 e. The van der Waals surface area contributed by atoms with Crippen LogP contribution in [0.5, 0.6) is 0 Å². The summed E-state index contributed by atoms with van der Waals surface area (Å²) in [6, 6.07) is -0.420. The van der Waals surface area contributed by atoms with Crippen molar-refractivity contribution in [3.8, 4) is 0 Å². The molecule has 0 aromatic heterocycles. The van der Waals surface area contributed by atoms with E-state index in [4.69, 9.17) is 14.2 Å². The number of nitrogens with one attached hydrogen (secondary N) is 1. The van der Waals surface area contributed by atoms with Crippen LogP contribution in [0.25, 0.3) is 0 Å².